The summed E-state index contributed by atoms with van der Waals surface area (Å²) in [5.74, 6) is 0.0325. The fourth-order valence-corrected chi connectivity index (χ4v) is 5.47. The summed E-state index contributed by atoms with van der Waals surface area (Å²) in [7, 11) is 0. The number of aromatic nitrogens is 1. The van der Waals surface area contributed by atoms with Crippen molar-refractivity contribution >= 4 is 16.8 Å². The van der Waals surface area contributed by atoms with E-state index in [1.165, 1.54) is 50.8 Å². The Morgan fingerprint density at radius 3 is 2.64 bits per heavy atom. The third-order valence-corrected chi connectivity index (χ3v) is 7.36. The maximum absolute atomic E-state index is 11.9. The maximum atomic E-state index is 11.9. The first-order valence-electron chi connectivity index (χ1n) is 12.0. The van der Waals surface area contributed by atoms with Gasteiger partial charge in [0, 0.05) is 40.8 Å². The second kappa shape index (κ2) is 7.89. The highest BCUT2D eigenvalue weighted by Gasteiger charge is 2.26. The predicted molar refractivity (Wildman–Crippen MR) is 133 cm³/mol. The van der Waals surface area contributed by atoms with Gasteiger partial charge < -0.3 is 15.6 Å². The molecule has 4 nitrogen and oxygen atoms in total. The molecule has 0 saturated carbocycles. The molecule has 2 aliphatic rings. The molecular weight excluding hydrogens is 406 g/mol. The van der Waals surface area contributed by atoms with Crippen LogP contribution in [0.3, 0.4) is 0 Å². The molecular formula is C29H29N3O. The molecule has 2 atom stereocenters. The minimum absolute atomic E-state index is 0.0325. The van der Waals surface area contributed by atoms with Gasteiger partial charge in [0.2, 0.25) is 0 Å². The number of fused-ring (bicyclic) bond motifs is 4. The van der Waals surface area contributed by atoms with Crippen LogP contribution in [-0.4, -0.2) is 10.9 Å². The minimum Gasteiger partial charge on any atom is -0.357 e. The Hall–Kier alpha value is -3.37. The summed E-state index contributed by atoms with van der Waals surface area (Å²) in [6, 6.07) is 22.4. The molecule has 1 aliphatic carbocycles. The molecule has 0 saturated heterocycles. The number of hydrogen-bond acceptors (Lipinski definition) is 2. The molecule has 0 spiro atoms. The van der Waals surface area contributed by atoms with E-state index in [1.807, 2.05) is 6.07 Å². The summed E-state index contributed by atoms with van der Waals surface area (Å²) in [5.41, 5.74) is 10.9. The van der Waals surface area contributed by atoms with Crippen molar-refractivity contribution in [3.63, 3.8) is 0 Å². The summed E-state index contributed by atoms with van der Waals surface area (Å²) < 4.78 is 0. The lowest BCUT2D eigenvalue weighted by Gasteiger charge is -2.27. The molecule has 1 aromatic heterocycles. The van der Waals surface area contributed by atoms with E-state index in [2.05, 4.69) is 84.1 Å². The van der Waals surface area contributed by atoms with Gasteiger partial charge in [-0.2, -0.15) is 0 Å². The molecule has 1 amide bonds. The van der Waals surface area contributed by atoms with Gasteiger partial charge in [0.1, 0.15) is 0 Å². The molecule has 4 heteroatoms. The average Bonchev–Trinajstić information content (AvgIpc) is 3.40. The van der Waals surface area contributed by atoms with Crippen molar-refractivity contribution in [2.45, 2.75) is 51.7 Å². The Labute approximate surface area is 194 Å². The highest BCUT2D eigenvalue weighted by molar-refractivity contribution is 5.99. The Balaban J connectivity index is 1.32. The Bertz CT molecular complexity index is 1370. The Kier molecular flexibility index (Phi) is 4.84. The number of H-pyrrole nitrogens is 1. The van der Waals surface area contributed by atoms with Crippen LogP contribution < -0.4 is 10.6 Å². The van der Waals surface area contributed by atoms with Gasteiger partial charge in [-0.05, 0) is 85.2 Å². The first-order valence-corrected chi connectivity index (χ1v) is 12.0. The van der Waals surface area contributed by atoms with Gasteiger partial charge in [0.05, 0.1) is 0 Å². The van der Waals surface area contributed by atoms with E-state index in [0.717, 1.165) is 24.0 Å². The standard InChI is InChI=1S/C29H29N3O/c1-17-6-8-19(9-7-17)18(2)31-27-5-3-4-24-25-15-21(11-13-26(25)32-28(24)27)20-10-12-23-22(14-20)16-30-29(23)33/h6-15,18,27,31-32H,3-5,16H2,1-2H3,(H,30,33). The molecule has 2 unspecified atom stereocenters. The van der Waals surface area contributed by atoms with Crippen LogP contribution in [0.15, 0.2) is 60.7 Å². The van der Waals surface area contributed by atoms with Crippen molar-refractivity contribution < 1.29 is 4.79 Å². The van der Waals surface area contributed by atoms with Gasteiger partial charge in [0.25, 0.3) is 5.91 Å². The minimum atomic E-state index is 0.0325. The summed E-state index contributed by atoms with van der Waals surface area (Å²) in [6.07, 6.45) is 3.45. The van der Waals surface area contributed by atoms with Crippen molar-refractivity contribution in [2.75, 3.05) is 0 Å². The number of benzene rings is 3. The van der Waals surface area contributed by atoms with E-state index in [-0.39, 0.29) is 5.91 Å². The van der Waals surface area contributed by atoms with Crippen molar-refractivity contribution in [1.29, 1.82) is 0 Å². The number of carbonyl (C=O) groups excluding carboxylic acids is 1. The van der Waals surface area contributed by atoms with Crippen molar-refractivity contribution in [1.82, 2.24) is 15.6 Å². The van der Waals surface area contributed by atoms with Gasteiger partial charge in [-0.1, -0.05) is 42.0 Å². The number of rotatable bonds is 4. The normalized spacial score (nSPS) is 18.1. The molecule has 4 aromatic rings. The summed E-state index contributed by atoms with van der Waals surface area (Å²) in [4.78, 5) is 15.6. The molecule has 0 fully saturated rings. The average molecular weight is 436 g/mol. The number of aryl methyl sites for hydroxylation is 2. The van der Waals surface area contributed by atoms with Crippen LogP contribution in [0, 0.1) is 6.92 Å². The monoisotopic (exact) mass is 435 g/mol. The first kappa shape index (κ1) is 20.3. The molecule has 166 valence electrons. The van der Waals surface area contributed by atoms with Crippen molar-refractivity contribution in [3.8, 4) is 11.1 Å². The molecule has 33 heavy (non-hydrogen) atoms. The van der Waals surface area contributed by atoms with Crippen LogP contribution in [0.5, 0.6) is 0 Å². The van der Waals surface area contributed by atoms with E-state index < -0.39 is 0 Å². The molecule has 2 heterocycles. The smallest absolute Gasteiger partial charge is 0.251 e. The summed E-state index contributed by atoms with van der Waals surface area (Å²) in [6.45, 7) is 5.01. The van der Waals surface area contributed by atoms with Gasteiger partial charge >= 0.3 is 0 Å². The number of aromatic amines is 1. The van der Waals surface area contributed by atoms with Gasteiger partial charge in [-0.15, -0.1) is 0 Å². The van der Waals surface area contributed by atoms with E-state index >= 15 is 0 Å². The van der Waals surface area contributed by atoms with Crippen LogP contribution in [0.1, 0.15) is 70.2 Å². The van der Waals surface area contributed by atoms with Crippen LogP contribution in [0.4, 0.5) is 0 Å². The van der Waals surface area contributed by atoms with Crippen LogP contribution in [0.25, 0.3) is 22.0 Å². The summed E-state index contributed by atoms with van der Waals surface area (Å²) in [5, 5.41) is 8.12. The van der Waals surface area contributed by atoms with Crippen LogP contribution >= 0.6 is 0 Å². The second-order valence-electron chi connectivity index (χ2n) is 9.58. The molecule has 3 N–H and O–H groups in total. The topological polar surface area (TPSA) is 56.9 Å². The zero-order valence-electron chi connectivity index (χ0n) is 19.2. The zero-order valence-corrected chi connectivity index (χ0v) is 19.2. The first-order chi connectivity index (χ1) is 16.1. The Morgan fingerprint density at radius 2 is 1.79 bits per heavy atom. The van der Waals surface area contributed by atoms with Crippen molar-refractivity contribution in [2.24, 2.45) is 0 Å². The predicted octanol–water partition coefficient (Wildman–Crippen LogP) is 6.11. The van der Waals surface area contributed by atoms with Gasteiger partial charge in [-0.3, -0.25) is 4.79 Å². The summed E-state index contributed by atoms with van der Waals surface area (Å²) >= 11 is 0. The SMILES string of the molecule is Cc1ccc(C(C)NC2CCCc3c2[nH]c2ccc(-c4ccc5c(c4)CNC5=O)cc32)cc1. The fraction of sp³-hybridized carbons (Fsp3) is 0.276. The highest BCUT2D eigenvalue weighted by Crippen LogP contribution is 2.38. The highest BCUT2D eigenvalue weighted by atomic mass is 16.1. The zero-order chi connectivity index (χ0) is 22.5. The van der Waals surface area contributed by atoms with E-state index in [4.69, 9.17) is 0 Å². The lowest BCUT2D eigenvalue weighted by atomic mass is 9.90. The third-order valence-electron chi connectivity index (χ3n) is 7.36. The number of hydrogen-bond donors (Lipinski definition) is 3. The van der Waals surface area contributed by atoms with Crippen LogP contribution in [0.2, 0.25) is 0 Å². The number of nitrogens with one attached hydrogen (secondary N) is 3. The molecule has 0 radical (unpaired) electrons. The van der Waals surface area contributed by atoms with E-state index in [0.29, 0.717) is 18.6 Å². The number of carbonyl (C=O) groups is 1. The van der Waals surface area contributed by atoms with Gasteiger partial charge in [0.15, 0.2) is 0 Å². The molecule has 6 rings (SSSR count). The van der Waals surface area contributed by atoms with Gasteiger partial charge in [-0.25, -0.2) is 0 Å². The second-order valence-corrected chi connectivity index (χ2v) is 9.58. The van der Waals surface area contributed by atoms with E-state index in [9.17, 15) is 4.79 Å². The lowest BCUT2D eigenvalue weighted by Crippen LogP contribution is -2.27. The molecule has 3 aromatic carbocycles. The van der Waals surface area contributed by atoms with Crippen molar-refractivity contribution in [3.05, 3.63) is 94.2 Å². The molecule has 1 aliphatic heterocycles. The fourth-order valence-electron chi connectivity index (χ4n) is 5.47. The Morgan fingerprint density at radius 1 is 1.00 bits per heavy atom. The maximum Gasteiger partial charge on any atom is 0.251 e. The number of amides is 1. The van der Waals surface area contributed by atoms with Crippen LogP contribution in [-0.2, 0) is 13.0 Å². The van der Waals surface area contributed by atoms with E-state index in [1.54, 1.807) is 0 Å². The lowest BCUT2D eigenvalue weighted by molar-refractivity contribution is 0.0966. The molecule has 0 bridgehead atoms. The largest absolute Gasteiger partial charge is 0.357 e. The third kappa shape index (κ3) is 3.55. The quantitative estimate of drug-likeness (QED) is 0.362.